The number of hydrogen-bond acceptors (Lipinski definition) is 10. The van der Waals surface area contributed by atoms with E-state index in [2.05, 4.69) is 29.3 Å². The van der Waals surface area contributed by atoms with Crippen LogP contribution in [-0.4, -0.2) is 37.2 Å². The number of nitrogens with one attached hydrogen (secondary N) is 2. The predicted molar refractivity (Wildman–Crippen MR) is 139 cm³/mol. The van der Waals surface area contributed by atoms with Crippen molar-refractivity contribution in [2.24, 2.45) is 5.73 Å². The van der Waals surface area contributed by atoms with E-state index in [0.29, 0.717) is 29.8 Å². The van der Waals surface area contributed by atoms with E-state index in [-0.39, 0.29) is 17.9 Å². The molecule has 2 aromatic carbocycles. The predicted octanol–water partition coefficient (Wildman–Crippen LogP) is 4.47. The van der Waals surface area contributed by atoms with Gasteiger partial charge in [-0.05, 0) is 71.0 Å². The molecule has 0 bridgehead atoms. The van der Waals surface area contributed by atoms with Crippen LogP contribution >= 0.6 is 34.7 Å². The second kappa shape index (κ2) is 11.4. The van der Waals surface area contributed by atoms with E-state index in [4.69, 9.17) is 23.1 Å². The van der Waals surface area contributed by atoms with E-state index in [0.717, 1.165) is 51.1 Å². The largest absolute Gasteiger partial charge is 0.416 e. The van der Waals surface area contributed by atoms with Gasteiger partial charge in [0.25, 0.3) is 0 Å². The molecule has 0 saturated heterocycles. The minimum absolute atomic E-state index is 0.0243. The van der Waals surface area contributed by atoms with Crippen molar-refractivity contribution in [2.75, 3.05) is 22.9 Å². The van der Waals surface area contributed by atoms with Gasteiger partial charge in [-0.25, -0.2) is 0 Å². The number of carbonyl (C=O) groups excluding carboxylic acids is 1. The van der Waals surface area contributed by atoms with Gasteiger partial charge in [-0.15, -0.1) is 0 Å². The Morgan fingerprint density at radius 3 is 2.49 bits per heavy atom. The molecule has 0 radical (unpaired) electrons. The number of anilines is 3. The summed E-state index contributed by atoms with van der Waals surface area (Å²) in [7, 11) is 0. The monoisotopic (exact) mass is 568 g/mol. The molecule has 3 heterocycles. The molecule has 15 heteroatoms. The highest BCUT2D eigenvalue weighted by molar-refractivity contribution is 7.10. The fraction of sp³-hybridized carbons (Fsp3) is 0.227. The molecule has 0 saturated carbocycles. The number of nitrogens with zero attached hydrogens (tertiary/aromatic N) is 4. The number of nitrogens with two attached hydrogens (primary N) is 2. The Labute approximate surface area is 222 Å². The van der Waals surface area contributed by atoms with Crippen molar-refractivity contribution in [3.8, 4) is 10.6 Å². The molecule has 0 fully saturated rings. The third kappa shape index (κ3) is 7.35. The number of carbonyl (C=O) groups is 1. The molecule has 9 nitrogen and oxygen atoms in total. The third-order valence-corrected chi connectivity index (χ3v) is 6.70. The van der Waals surface area contributed by atoms with E-state index < -0.39 is 11.7 Å². The molecule has 5 rings (SSSR count). The van der Waals surface area contributed by atoms with Gasteiger partial charge < -0.3 is 22.1 Å². The summed E-state index contributed by atoms with van der Waals surface area (Å²) in [6, 6.07) is 10.3. The van der Waals surface area contributed by atoms with E-state index >= 15 is 0 Å². The molecule has 0 aliphatic carbocycles. The lowest BCUT2D eigenvalue weighted by molar-refractivity contribution is -0.137. The van der Waals surface area contributed by atoms with Gasteiger partial charge in [0, 0.05) is 35.4 Å². The van der Waals surface area contributed by atoms with E-state index in [1.165, 1.54) is 23.7 Å². The minimum atomic E-state index is -4.35. The SMILES string of the molecule is N[C@H](CNc1nsc(-c2ccc3c(c2)CC(=O)N3)n1)Cc1ccc(C(F)(F)F)cc1.Nc1nsc(Cl)n1. The van der Waals surface area contributed by atoms with Crippen LogP contribution in [0.3, 0.4) is 0 Å². The van der Waals surface area contributed by atoms with Crippen molar-refractivity contribution < 1.29 is 18.0 Å². The standard InChI is InChI=1S/C20H18F3N5OS.C2H2ClN3S/c21-20(22,23)14-4-1-11(2-5-14)7-15(24)10-25-19-27-18(30-28-19)12-3-6-16-13(8-12)9-17(29)26-16;3-1-5-2(4)6-7-1/h1-6,8,15H,7,9-10,24H2,(H,25,28)(H,26,29);(H2,4,6)/t15-;/m0./s1. The number of aromatic nitrogens is 4. The number of hydrogen-bond donors (Lipinski definition) is 4. The number of nitrogen functional groups attached to an aromatic ring is 1. The number of fused-ring (bicyclic) bond motifs is 1. The first-order valence-corrected chi connectivity index (χ1v) is 12.7. The summed E-state index contributed by atoms with van der Waals surface area (Å²) in [6.07, 6.45) is -3.57. The van der Waals surface area contributed by atoms with Crippen LogP contribution in [0.4, 0.5) is 30.8 Å². The highest BCUT2D eigenvalue weighted by Gasteiger charge is 2.30. The summed E-state index contributed by atoms with van der Waals surface area (Å²) >= 11 is 7.64. The quantitative estimate of drug-likeness (QED) is 0.266. The van der Waals surface area contributed by atoms with E-state index in [1.54, 1.807) is 0 Å². The Bertz CT molecular complexity index is 1360. The van der Waals surface area contributed by atoms with Crippen LogP contribution < -0.4 is 22.1 Å². The second-order valence-electron chi connectivity index (χ2n) is 7.97. The summed E-state index contributed by atoms with van der Waals surface area (Å²) in [5.41, 5.74) is 13.9. The normalized spacial score (nSPS) is 13.4. The lowest BCUT2D eigenvalue weighted by atomic mass is 10.0. The van der Waals surface area contributed by atoms with Crippen LogP contribution in [0.5, 0.6) is 0 Å². The van der Waals surface area contributed by atoms with Crippen LogP contribution in [0.2, 0.25) is 4.47 Å². The molecule has 2 aromatic heterocycles. The number of rotatable bonds is 6. The van der Waals surface area contributed by atoms with Gasteiger partial charge in [-0.3, -0.25) is 4.79 Å². The maximum atomic E-state index is 12.6. The molecule has 37 heavy (non-hydrogen) atoms. The van der Waals surface area contributed by atoms with Crippen molar-refractivity contribution in [1.82, 2.24) is 18.7 Å². The van der Waals surface area contributed by atoms with Crippen LogP contribution in [0.15, 0.2) is 42.5 Å². The Morgan fingerprint density at radius 2 is 1.86 bits per heavy atom. The molecular weight excluding hydrogens is 549 g/mol. The summed E-state index contributed by atoms with van der Waals surface area (Å²) in [5.74, 6) is 0.659. The van der Waals surface area contributed by atoms with Crippen molar-refractivity contribution in [1.29, 1.82) is 0 Å². The van der Waals surface area contributed by atoms with E-state index in [1.807, 2.05) is 18.2 Å². The second-order valence-corrected chi connectivity index (χ2v) is 10.1. The number of benzene rings is 2. The molecule has 1 aliphatic heterocycles. The van der Waals surface area contributed by atoms with E-state index in [9.17, 15) is 18.0 Å². The third-order valence-electron chi connectivity index (χ3n) is 5.12. The first kappa shape index (κ1) is 26.7. The molecule has 0 spiro atoms. The molecule has 1 atom stereocenters. The van der Waals surface area contributed by atoms with Gasteiger partial charge in [-0.1, -0.05) is 12.1 Å². The van der Waals surface area contributed by atoms with Crippen molar-refractivity contribution in [3.05, 3.63) is 63.6 Å². The number of halogens is 4. The highest BCUT2D eigenvalue weighted by atomic mass is 35.5. The maximum Gasteiger partial charge on any atom is 0.416 e. The van der Waals surface area contributed by atoms with Gasteiger partial charge in [0.1, 0.15) is 5.01 Å². The number of amides is 1. The van der Waals surface area contributed by atoms with Crippen LogP contribution in [-0.2, 0) is 23.8 Å². The zero-order valence-corrected chi connectivity index (χ0v) is 21.3. The maximum absolute atomic E-state index is 12.6. The van der Waals surface area contributed by atoms with Crippen molar-refractivity contribution in [3.63, 3.8) is 0 Å². The lowest BCUT2D eigenvalue weighted by Crippen LogP contribution is -2.31. The van der Waals surface area contributed by atoms with Gasteiger partial charge in [-0.2, -0.15) is 31.9 Å². The lowest BCUT2D eigenvalue weighted by Gasteiger charge is -2.13. The first-order valence-electron chi connectivity index (χ1n) is 10.7. The molecule has 194 valence electrons. The minimum Gasteiger partial charge on any atom is -0.367 e. The average molecular weight is 569 g/mol. The fourth-order valence-corrected chi connectivity index (χ4v) is 4.59. The van der Waals surface area contributed by atoms with Gasteiger partial charge in [0.05, 0.1) is 12.0 Å². The van der Waals surface area contributed by atoms with Crippen LogP contribution in [0, 0.1) is 0 Å². The Kier molecular flexibility index (Phi) is 8.22. The van der Waals surface area contributed by atoms with Crippen molar-refractivity contribution in [2.45, 2.75) is 25.1 Å². The highest BCUT2D eigenvalue weighted by Crippen LogP contribution is 2.31. The molecule has 1 aliphatic rings. The van der Waals surface area contributed by atoms with Crippen LogP contribution in [0.1, 0.15) is 16.7 Å². The summed E-state index contributed by atoms with van der Waals surface area (Å²) < 4.78 is 46.1. The molecule has 1 amide bonds. The Balaban J connectivity index is 0.000000396. The van der Waals surface area contributed by atoms with Gasteiger partial charge >= 0.3 is 6.18 Å². The Morgan fingerprint density at radius 1 is 1.11 bits per heavy atom. The summed E-state index contributed by atoms with van der Waals surface area (Å²) in [4.78, 5) is 19.5. The molecule has 4 aromatic rings. The zero-order valence-electron chi connectivity index (χ0n) is 18.9. The fourth-order valence-electron chi connectivity index (χ4n) is 3.42. The molecule has 6 N–H and O–H groups in total. The summed E-state index contributed by atoms with van der Waals surface area (Å²) in [5, 5.41) is 6.58. The van der Waals surface area contributed by atoms with Crippen LogP contribution in [0.25, 0.3) is 10.6 Å². The molecular formula is C22H20ClF3N8OS2. The molecule has 0 unspecified atom stereocenters. The zero-order chi connectivity index (χ0) is 26.6. The average Bonchev–Trinajstić information content (AvgIpc) is 3.56. The topological polar surface area (TPSA) is 145 Å². The van der Waals surface area contributed by atoms with Crippen molar-refractivity contribution >= 4 is 58.2 Å². The van der Waals surface area contributed by atoms with Gasteiger partial charge in [0.15, 0.2) is 0 Å². The number of alkyl halides is 3. The smallest absolute Gasteiger partial charge is 0.367 e. The van der Waals surface area contributed by atoms with Gasteiger partial charge in [0.2, 0.25) is 22.3 Å². The Hall–Kier alpha value is -3.33. The summed E-state index contributed by atoms with van der Waals surface area (Å²) in [6.45, 7) is 0.375. The first-order chi connectivity index (χ1) is 17.6.